The molecule has 0 unspecified atom stereocenters. The quantitative estimate of drug-likeness (QED) is 0.314. The first-order chi connectivity index (χ1) is 18.0. The van der Waals surface area contributed by atoms with Crippen LogP contribution in [0.5, 0.6) is 11.5 Å². The van der Waals surface area contributed by atoms with E-state index in [9.17, 15) is 14.7 Å². The van der Waals surface area contributed by atoms with Crippen LogP contribution < -0.4 is 14.7 Å². The van der Waals surface area contributed by atoms with E-state index in [2.05, 4.69) is 15.9 Å². The molecule has 0 saturated carbocycles. The SMILES string of the molecule is CCOc1cc([C@@H]2[C@H]3C(=O)N(c4cccc5ccccc45)C(=O)[C@@H]3ON2c2ccccc2)cc(Br)c1O. The van der Waals surface area contributed by atoms with Crippen LogP contribution in [0.25, 0.3) is 10.8 Å². The Morgan fingerprint density at radius 1 is 0.946 bits per heavy atom. The van der Waals surface area contributed by atoms with Crippen LogP contribution in [0.2, 0.25) is 0 Å². The fraction of sp³-hybridized carbons (Fsp3) is 0.172. The summed E-state index contributed by atoms with van der Waals surface area (Å²) >= 11 is 3.41. The van der Waals surface area contributed by atoms with Gasteiger partial charge in [0.25, 0.3) is 5.91 Å². The number of benzene rings is 4. The van der Waals surface area contributed by atoms with Crippen LogP contribution in [-0.2, 0) is 14.4 Å². The van der Waals surface area contributed by atoms with Crippen molar-refractivity contribution in [3.8, 4) is 11.5 Å². The Morgan fingerprint density at radius 2 is 1.68 bits per heavy atom. The molecule has 2 heterocycles. The molecule has 2 aliphatic rings. The lowest BCUT2D eigenvalue weighted by atomic mass is 9.90. The molecule has 2 saturated heterocycles. The molecule has 4 aromatic carbocycles. The van der Waals surface area contributed by atoms with E-state index in [1.165, 1.54) is 4.90 Å². The van der Waals surface area contributed by atoms with Crippen molar-refractivity contribution in [1.29, 1.82) is 0 Å². The zero-order chi connectivity index (χ0) is 25.7. The van der Waals surface area contributed by atoms with Gasteiger partial charge in [-0.2, -0.15) is 0 Å². The number of hydrogen-bond acceptors (Lipinski definition) is 6. The number of imide groups is 1. The lowest BCUT2D eigenvalue weighted by molar-refractivity contribution is -0.126. The van der Waals surface area contributed by atoms with Gasteiger partial charge in [0.2, 0.25) is 5.91 Å². The topological polar surface area (TPSA) is 79.3 Å². The van der Waals surface area contributed by atoms with E-state index < -0.39 is 24.0 Å². The molecule has 0 aromatic heterocycles. The monoisotopic (exact) mass is 558 g/mol. The summed E-state index contributed by atoms with van der Waals surface area (Å²) < 4.78 is 6.08. The second-order valence-corrected chi connectivity index (χ2v) is 9.80. The van der Waals surface area contributed by atoms with Crippen molar-refractivity contribution in [1.82, 2.24) is 0 Å². The molecule has 0 radical (unpaired) electrons. The molecule has 1 N–H and O–H groups in total. The summed E-state index contributed by atoms with van der Waals surface area (Å²) in [4.78, 5) is 35.3. The Bertz CT molecular complexity index is 1520. The molecule has 186 valence electrons. The summed E-state index contributed by atoms with van der Waals surface area (Å²) in [5.74, 6) is -1.29. The molecule has 4 aromatic rings. The number of halogens is 1. The molecular weight excluding hydrogens is 536 g/mol. The molecule has 2 fully saturated rings. The molecule has 0 spiro atoms. The Balaban J connectivity index is 1.49. The van der Waals surface area contributed by atoms with Gasteiger partial charge < -0.3 is 9.84 Å². The average molecular weight is 559 g/mol. The number of phenols is 1. The second kappa shape index (κ2) is 9.21. The molecule has 7 nitrogen and oxygen atoms in total. The summed E-state index contributed by atoms with van der Waals surface area (Å²) in [6.07, 6.45) is -1.00. The summed E-state index contributed by atoms with van der Waals surface area (Å²) in [6, 6.07) is 25.4. The summed E-state index contributed by atoms with van der Waals surface area (Å²) in [5, 5.41) is 13.9. The van der Waals surface area contributed by atoms with Gasteiger partial charge in [0, 0.05) is 5.39 Å². The van der Waals surface area contributed by atoms with Gasteiger partial charge in [0.15, 0.2) is 17.6 Å². The Hall–Kier alpha value is -3.88. The fourth-order valence-corrected chi connectivity index (χ4v) is 5.68. The van der Waals surface area contributed by atoms with Gasteiger partial charge in [-0.05, 0) is 64.1 Å². The molecule has 2 amide bonds. The van der Waals surface area contributed by atoms with Crippen molar-refractivity contribution in [3.05, 3.63) is 95.0 Å². The van der Waals surface area contributed by atoms with Crippen molar-refractivity contribution < 1.29 is 24.3 Å². The van der Waals surface area contributed by atoms with Gasteiger partial charge >= 0.3 is 0 Å². The summed E-state index contributed by atoms with van der Waals surface area (Å²) in [6.45, 7) is 2.18. The number of nitrogens with zero attached hydrogens (tertiary/aromatic N) is 2. The first-order valence-electron chi connectivity index (χ1n) is 12.0. The van der Waals surface area contributed by atoms with Crippen LogP contribution in [-0.4, -0.2) is 29.6 Å². The number of hydroxylamine groups is 1. The van der Waals surface area contributed by atoms with Crippen molar-refractivity contribution in [2.24, 2.45) is 5.92 Å². The van der Waals surface area contributed by atoms with Crippen LogP contribution in [0, 0.1) is 5.92 Å². The molecule has 0 aliphatic carbocycles. The van der Waals surface area contributed by atoms with Crippen LogP contribution >= 0.6 is 15.9 Å². The van der Waals surface area contributed by atoms with Gasteiger partial charge in [-0.25, -0.2) is 9.96 Å². The second-order valence-electron chi connectivity index (χ2n) is 8.95. The van der Waals surface area contributed by atoms with Gasteiger partial charge in [-0.3, -0.25) is 14.4 Å². The third kappa shape index (κ3) is 3.75. The smallest absolute Gasteiger partial charge is 0.266 e. The lowest BCUT2D eigenvalue weighted by Crippen LogP contribution is -2.37. The van der Waals surface area contributed by atoms with E-state index in [-0.39, 0.29) is 17.4 Å². The predicted octanol–water partition coefficient (Wildman–Crippen LogP) is 5.76. The number of rotatable bonds is 5. The molecule has 6 rings (SSSR count). The number of carbonyl (C=O) groups is 2. The van der Waals surface area contributed by atoms with Crippen molar-refractivity contribution >= 4 is 49.9 Å². The number of ether oxygens (including phenoxy) is 1. The van der Waals surface area contributed by atoms with E-state index in [0.717, 1.165) is 10.8 Å². The number of anilines is 2. The minimum absolute atomic E-state index is 0.0291. The molecule has 2 aliphatic heterocycles. The van der Waals surface area contributed by atoms with Crippen LogP contribution in [0.1, 0.15) is 18.5 Å². The minimum Gasteiger partial charge on any atom is -0.503 e. The van der Waals surface area contributed by atoms with Crippen molar-refractivity contribution in [2.45, 2.75) is 19.1 Å². The molecule has 8 heteroatoms. The highest BCUT2D eigenvalue weighted by molar-refractivity contribution is 9.10. The molecular formula is C29H23BrN2O5. The van der Waals surface area contributed by atoms with Crippen LogP contribution in [0.4, 0.5) is 11.4 Å². The highest BCUT2D eigenvalue weighted by atomic mass is 79.9. The van der Waals surface area contributed by atoms with Crippen molar-refractivity contribution in [2.75, 3.05) is 16.6 Å². The first kappa shape index (κ1) is 23.5. The van der Waals surface area contributed by atoms with Gasteiger partial charge in [0.05, 0.1) is 28.5 Å². The van der Waals surface area contributed by atoms with Gasteiger partial charge in [-0.1, -0.05) is 54.6 Å². The van der Waals surface area contributed by atoms with E-state index >= 15 is 0 Å². The van der Waals surface area contributed by atoms with E-state index in [0.29, 0.717) is 28.0 Å². The van der Waals surface area contributed by atoms with Gasteiger partial charge in [0.1, 0.15) is 5.92 Å². The lowest BCUT2D eigenvalue weighted by Gasteiger charge is -2.29. The number of phenolic OH excluding ortho intramolecular Hbond substituents is 1. The Kier molecular flexibility index (Phi) is 5.85. The number of hydrogen-bond donors (Lipinski definition) is 1. The summed E-state index contributed by atoms with van der Waals surface area (Å²) in [7, 11) is 0. The Morgan fingerprint density at radius 3 is 2.46 bits per heavy atom. The summed E-state index contributed by atoms with van der Waals surface area (Å²) in [5.41, 5.74) is 1.92. The maximum Gasteiger partial charge on any atom is 0.266 e. The zero-order valence-electron chi connectivity index (χ0n) is 19.9. The zero-order valence-corrected chi connectivity index (χ0v) is 21.5. The maximum atomic E-state index is 14.1. The number of para-hydroxylation sites is 1. The number of fused-ring (bicyclic) bond motifs is 2. The van der Waals surface area contributed by atoms with Gasteiger partial charge in [-0.15, -0.1) is 0 Å². The number of amides is 2. The molecule has 37 heavy (non-hydrogen) atoms. The van der Waals surface area contributed by atoms with Crippen LogP contribution in [0.15, 0.2) is 89.4 Å². The van der Waals surface area contributed by atoms with E-state index in [1.807, 2.05) is 73.7 Å². The van der Waals surface area contributed by atoms with Crippen LogP contribution in [0.3, 0.4) is 0 Å². The average Bonchev–Trinajstić information content (AvgIpc) is 3.42. The predicted molar refractivity (Wildman–Crippen MR) is 143 cm³/mol. The normalized spacial score (nSPS) is 21.1. The number of aromatic hydroxyl groups is 1. The molecule has 3 atom stereocenters. The third-order valence-corrected chi connectivity index (χ3v) is 7.43. The largest absolute Gasteiger partial charge is 0.503 e. The van der Waals surface area contributed by atoms with E-state index in [1.54, 1.807) is 23.3 Å². The minimum atomic E-state index is -1.00. The molecule has 0 bridgehead atoms. The Labute approximate surface area is 221 Å². The standard InChI is InChI=1S/C29H23BrN2O5/c1-2-36-23-16-18(15-21(30)26(23)33)25-24-27(37-32(25)19-11-4-3-5-12-19)29(35)31(28(24)34)22-14-8-10-17-9-6-7-13-20(17)22/h3-16,24-25,27,33H,2H2,1H3/t24-,25-,27-/m1/s1. The number of carbonyl (C=O) groups excluding carboxylic acids is 2. The first-order valence-corrected chi connectivity index (χ1v) is 12.8. The maximum absolute atomic E-state index is 14.1. The highest BCUT2D eigenvalue weighted by Gasteiger charge is 2.60. The third-order valence-electron chi connectivity index (χ3n) is 6.83. The van der Waals surface area contributed by atoms with Crippen molar-refractivity contribution in [3.63, 3.8) is 0 Å². The van der Waals surface area contributed by atoms with E-state index in [4.69, 9.17) is 9.57 Å². The fourth-order valence-electron chi connectivity index (χ4n) is 5.22. The highest BCUT2D eigenvalue weighted by Crippen LogP contribution is 2.50.